The second-order valence-corrected chi connectivity index (χ2v) is 2.03. The van der Waals surface area contributed by atoms with E-state index in [1.165, 1.54) is 0 Å². The average molecular weight is 141 g/mol. The predicted octanol–water partition coefficient (Wildman–Crippen LogP) is 1.38. The fraction of sp³-hybridized carbons (Fsp3) is 0.167. The Kier molecular flexibility index (Phi) is 1.95. The summed E-state index contributed by atoms with van der Waals surface area (Å²) in [5.41, 5.74) is 0. The Morgan fingerprint density at radius 2 is 2.44 bits per heavy atom. The Balaban J connectivity index is 3.01. The predicted molar refractivity (Wildman–Crippen MR) is 38.0 cm³/mol. The molecule has 0 aliphatic rings. The molecule has 0 aliphatic heterocycles. The van der Waals surface area contributed by atoms with Crippen LogP contribution in [0.1, 0.15) is 0 Å². The van der Waals surface area contributed by atoms with Crippen molar-refractivity contribution in [3.63, 3.8) is 0 Å². The van der Waals surface area contributed by atoms with Crippen LogP contribution in [0.4, 0.5) is 0 Å². The summed E-state index contributed by atoms with van der Waals surface area (Å²) in [4.78, 5) is 4.60. The Morgan fingerprint density at radius 3 is 2.89 bits per heavy atom. The van der Waals surface area contributed by atoms with Crippen molar-refractivity contribution in [2.45, 2.75) is 4.90 Å². The van der Waals surface area contributed by atoms with E-state index in [0.29, 0.717) is 0 Å². The first-order valence-electron chi connectivity index (χ1n) is 2.51. The molecule has 0 unspecified atom stereocenters. The summed E-state index contributed by atoms with van der Waals surface area (Å²) >= 11 is 4.09. The van der Waals surface area contributed by atoms with Gasteiger partial charge in [0.05, 0.1) is 12.0 Å². The van der Waals surface area contributed by atoms with Gasteiger partial charge in [0.1, 0.15) is 5.75 Å². The zero-order valence-electron chi connectivity index (χ0n) is 5.03. The van der Waals surface area contributed by atoms with Crippen molar-refractivity contribution < 1.29 is 4.74 Å². The highest BCUT2D eigenvalue weighted by molar-refractivity contribution is 7.80. The molecule has 2 nitrogen and oxygen atoms in total. The van der Waals surface area contributed by atoms with Crippen LogP contribution >= 0.6 is 12.6 Å². The van der Waals surface area contributed by atoms with Gasteiger partial charge >= 0.3 is 0 Å². The molecule has 0 aliphatic carbocycles. The maximum atomic E-state index is 4.93. The molecule has 3 heteroatoms. The SMILES string of the molecule is COc1ccncc1S. The molecule has 0 saturated heterocycles. The van der Waals surface area contributed by atoms with E-state index >= 15 is 0 Å². The van der Waals surface area contributed by atoms with Crippen LogP contribution in [-0.2, 0) is 0 Å². The van der Waals surface area contributed by atoms with Crippen LogP contribution in [0, 0.1) is 0 Å². The van der Waals surface area contributed by atoms with Gasteiger partial charge in [-0.15, -0.1) is 12.6 Å². The van der Waals surface area contributed by atoms with Crippen molar-refractivity contribution in [2.75, 3.05) is 7.11 Å². The number of aromatic nitrogens is 1. The van der Waals surface area contributed by atoms with E-state index in [4.69, 9.17) is 4.74 Å². The van der Waals surface area contributed by atoms with Crippen molar-refractivity contribution in [1.29, 1.82) is 0 Å². The van der Waals surface area contributed by atoms with Crippen LogP contribution in [0.5, 0.6) is 5.75 Å². The molecule has 0 bridgehead atoms. The molecule has 0 radical (unpaired) electrons. The molecule has 1 aromatic rings. The summed E-state index contributed by atoms with van der Waals surface area (Å²) in [6.07, 6.45) is 3.31. The molecule has 1 heterocycles. The highest BCUT2D eigenvalue weighted by Crippen LogP contribution is 2.18. The first-order chi connectivity index (χ1) is 4.34. The van der Waals surface area contributed by atoms with E-state index in [1.807, 2.05) is 0 Å². The molecule has 1 rings (SSSR count). The second kappa shape index (κ2) is 2.73. The molecule has 0 saturated carbocycles. The van der Waals surface area contributed by atoms with Gasteiger partial charge < -0.3 is 4.74 Å². The summed E-state index contributed by atoms with van der Waals surface area (Å²) in [5.74, 6) is 0.758. The fourth-order valence-corrected chi connectivity index (χ4v) is 0.778. The van der Waals surface area contributed by atoms with Crippen LogP contribution in [-0.4, -0.2) is 12.1 Å². The van der Waals surface area contributed by atoms with Crippen molar-refractivity contribution >= 4 is 12.6 Å². The fourth-order valence-electron chi connectivity index (χ4n) is 0.546. The lowest BCUT2D eigenvalue weighted by molar-refractivity contribution is 0.404. The largest absolute Gasteiger partial charge is 0.495 e. The Hall–Kier alpha value is -0.700. The van der Waals surface area contributed by atoms with Gasteiger partial charge in [-0.3, -0.25) is 4.98 Å². The molecular formula is C6H7NOS. The number of nitrogens with zero attached hydrogens (tertiary/aromatic N) is 1. The van der Waals surface area contributed by atoms with Crippen LogP contribution in [0.3, 0.4) is 0 Å². The molecule has 0 N–H and O–H groups in total. The van der Waals surface area contributed by atoms with Crippen molar-refractivity contribution in [2.24, 2.45) is 0 Å². The average Bonchev–Trinajstić information content (AvgIpc) is 1.89. The van der Waals surface area contributed by atoms with Gasteiger partial charge in [0.15, 0.2) is 0 Å². The van der Waals surface area contributed by atoms with E-state index < -0.39 is 0 Å². The minimum Gasteiger partial charge on any atom is -0.495 e. The molecule has 0 atom stereocenters. The topological polar surface area (TPSA) is 22.1 Å². The van der Waals surface area contributed by atoms with Gasteiger partial charge in [-0.05, 0) is 6.07 Å². The van der Waals surface area contributed by atoms with Gasteiger partial charge in [0.25, 0.3) is 0 Å². The molecule has 0 aromatic carbocycles. The number of ether oxygens (including phenoxy) is 1. The van der Waals surface area contributed by atoms with Gasteiger partial charge in [-0.2, -0.15) is 0 Å². The van der Waals surface area contributed by atoms with Gasteiger partial charge in [0, 0.05) is 12.4 Å². The minimum atomic E-state index is 0.758. The maximum absolute atomic E-state index is 4.93. The highest BCUT2D eigenvalue weighted by atomic mass is 32.1. The summed E-state index contributed by atoms with van der Waals surface area (Å²) in [6.45, 7) is 0. The Labute approximate surface area is 59.3 Å². The van der Waals surface area contributed by atoms with E-state index in [9.17, 15) is 0 Å². The lowest BCUT2D eigenvalue weighted by Crippen LogP contribution is -1.83. The normalized spacial score (nSPS) is 9.11. The van der Waals surface area contributed by atoms with Crippen molar-refractivity contribution in [3.8, 4) is 5.75 Å². The van der Waals surface area contributed by atoms with Gasteiger partial charge in [-0.25, -0.2) is 0 Å². The number of pyridine rings is 1. The second-order valence-electron chi connectivity index (χ2n) is 1.55. The zero-order chi connectivity index (χ0) is 6.69. The first-order valence-corrected chi connectivity index (χ1v) is 2.96. The molecule has 9 heavy (non-hydrogen) atoms. The lowest BCUT2D eigenvalue weighted by Gasteiger charge is -1.99. The van der Waals surface area contributed by atoms with E-state index in [1.54, 1.807) is 25.6 Å². The molecule has 0 amide bonds. The highest BCUT2D eigenvalue weighted by Gasteiger charge is 1.93. The van der Waals surface area contributed by atoms with Gasteiger partial charge in [-0.1, -0.05) is 0 Å². The maximum Gasteiger partial charge on any atom is 0.135 e. The number of methoxy groups -OCH3 is 1. The molecule has 0 fully saturated rings. The van der Waals surface area contributed by atoms with Crippen molar-refractivity contribution in [1.82, 2.24) is 4.98 Å². The third-order valence-electron chi connectivity index (χ3n) is 0.981. The number of hydrogen-bond donors (Lipinski definition) is 1. The number of hydrogen-bond acceptors (Lipinski definition) is 3. The third kappa shape index (κ3) is 1.36. The third-order valence-corrected chi connectivity index (χ3v) is 1.32. The van der Waals surface area contributed by atoms with E-state index in [2.05, 4.69) is 17.6 Å². The number of thiol groups is 1. The van der Waals surface area contributed by atoms with Crippen LogP contribution < -0.4 is 4.74 Å². The molecule has 0 spiro atoms. The summed E-state index contributed by atoms with van der Waals surface area (Å²) in [7, 11) is 1.61. The zero-order valence-corrected chi connectivity index (χ0v) is 5.93. The summed E-state index contributed by atoms with van der Waals surface area (Å²) in [5, 5.41) is 0. The van der Waals surface area contributed by atoms with Crippen molar-refractivity contribution in [3.05, 3.63) is 18.5 Å². The smallest absolute Gasteiger partial charge is 0.135 e. The minimum absolute atomic E-state index is 0.758. The Bertz CT molecular complexity index is 202. The van der Waals surface area contributed by atoms with Gasteiger partial charge in [0.2, 0.25) is 0 Å². The quantitative estimate of drug-likeness (QED) is 0.597. The van der Waals surface area contributed by atoms with Crippen LogP contribution in [0.2, 0.25) is 0 Å². The standard InChI is InChI=1S/C6H7NOS/c1-8-5-2-3-7-4-6(5)9/h2-4,9H,1H3. The van der Waals surface area contributed by atoms with Crippen LogP contribution in [0.25, 0.3) is 0 Å². The lowest BCUT2D eigenvalue weighted by atomic mass is 10.4. The molecule has 48 valence electrons. The first kappa shape index (κ1) is 6.42. The molecular weight excluding hydrogens is 134 g/mol. The monoisotopic (exact) mass is 141 g/mol. The van der Waals surface area contributed by atoms with E-state index in [0.717, 1.165) is 10.6 Å². The summed E-state index contributed by atoms with van der Waals surface area (Å²) in [6, 6.07) is 1.77. The van der Waals surface area contributed by atoms with E-state index in [-0.39, 0.29) is 0 Å². The summed E-state index contributed by atoms with van der Waals surface area (Å²) < 4.78 is 4.93. The number of rotatable bonds is 1. The Morgan fingerprint density at radius 1 is 1.67 bits per heavy atom. The molecule has 1 aromatic heterocycles. The van der Waals surface area contributed by atoms with Crippen LogP contribution in [0.15, 0.2) is 23.4 Å².